The minimum atomic E-state index is -3.69. The van der Waals surface area contributed by atoms with Crippen LogP contribution in [0.1, 0.15) is 185 Å². The molecule has 11 heterocycles. The zero-order valence-electron chi connectivity index (χ0n) is 75.6. The fourth-order valence-corrected chi connectivity index (χ4v) is 14.9. The van der Waals surface area contributed by atoms with Crippen LogP contribution in [0.5, 0.6) is 34.5 Å². The number of para-hydroxylation sites is 3. The molecular weight excluding hydrogens is 2060 g/mol. The van der Waals surface area contributed by atoms with Crippen LogP contribution in [-0.2, 0) is 52.9 Å². The number of fused-ring (bicyclic) bond motifs is 3. The van der Waals surface area contributed by atoms with Crippen molar-refractivity contribution < 1.29 is 82.7 Å². The fourth-order valence-electron chi connectivity index (χ4n) is 13.5. The minimum Gasteiger partial charge on any atom is -0.405 e. The van der Waals surface area contributed by atoms with Crippen LogP contribution in [-0.4, -0.2) is 97.3 Å². The Balaban J connectivity index is 0.000000337. The Kier molecular flexibility index (Phi) is 43.3. The Morgan fingerprint density at radius 1 is 0.309 bits per heavy atom. The van der Waals surface area contributed by atoms with Gasteiger partial charge in [-0.15, -0.1) is 26.3 Å². The molecule has 3 saturated heterocycles. The third-order valence-corrected chi connectivity index (χ3v) is 25.8. The van der Waals surface area contributed by atoms with Gasteiger partial charge >= 0.3 is 40.0 Å². The molecule has 3 fully saturated rings. The van der Waals surface area contributed by atoms with E-state index >= 15 is 0 Å². The zero-order valence-corrected chi connectivity index (χ0v) is 82.0. The number of aromatic nitrogens is 5. The Bertz CT molecular complexity index is 6300. The van der Waals surface area contributed by atoms with Gasteiger partial charge in [0.25, 0.3) is 16.7 Å². The first kappa shape index (κ1) is 121. The number of H-pyrrole nitrogens is 2. The van der Waals surface area contributed by atoms with E-state index in [1.54, 1.807) is 94.5 Å². The monoisotopic (exact) mass is 2180 g/mol. The number of alkyl halides is 7. The molecule has 18 rings (SSSR count). The minimum absolute atomic E-state index is 0. The Hall–Kier alpha value is -10.5. The van der Waals surface area contributed by atoms with E-state index in [4.69, 9.17) is 27.9 Å². The topological polar surface area (TPSA) is 242 Å². The number of pyridine rings is 5. The van der Waals surface area contributed by atoms with Gasteiger partial charge in [0.15, 0.2) is 34.5 Å². The molecule has 0 spiro atoms. The smallest absolute Gasteiger partial charge is 0.405 e. The van der Waals surface area contributed by atoms with Gasteiger partial charge in [0.2, 0.25) is 11.1 Å². The maximum atomic E-state index is 13.5. The van der Waals surface area contributed by atoms with Crippen LogP contribution in [0.3, 0.4) is 0 Å². The maximum absolute atomic E-state index is 13.5. The Labute approximate surface area is 847 Å². The summed E-state index contributed by atoms with van der Waals surface area (Å²) in [5.41, 5.74) is 9.02. The summed E-state index contributed by atoms with van der Waals surface area (Å²) < 4.78 is 148. The Morgan fingerprint density at radius 2 is 0.619 bits per heavy atom. The van der Waals surface area contributed by atoms with Crippen molar-refractivity contribution in [3.8, 4) is 56.8 Å². The molecule has 750 valence electrons. The van der Waals surface area contributed by atoms with Crippen molar-refractivity contribution in [2.24, 2.45) is 0 Å². The molecule has 12 aromatic rings. The molecule has 0 unspecified atom stereocenters. The lowest BCUT2D eigenvalue weighted by molar-refractivity contribution is -0.287. The third-order valence-electron chi connectivity index (χ3n) is 22.8. The number of benzene rings is 7. The summed E-state index contributed by atoms with van der Waals surface area (Å²) >= 11 is 13.1. The SMILES string of the molecule is BrCc1ccccc1.C.C.C.C.C.C.C.CC1(C)OB(B2OC(C)(C)C(C)(C)O2)OC1(C)C.Cc1cc(=O)[nH]cc1-c1cccc2c1OC(F)(F)O2.Cc1cc(=O)[nH]cc1Br.Cc1cc(=O)n(Cc2ccccc2)cc1-c1cccc2c1OC(F)(F)O2.Cc1cc(=O)n(Cc2ccccc2)cc1B1OC(C)(C)C(C)(C)O1.Cc1cc(=O)n(Cc2ccccc2)cc1Br.FC1(F)Oc2cccc(Br)c2O1. The molecular formula is C104H128B3Br4F6N5O17. The van der Waals surface area contributed by atoms with E-state index in [-0.39, 0.29) is 137 Å². The van der Waals surface area contributed by atoms with E-state index in [1.165, 1.54) is 42.1 Å². The summed E-state index contributed by atoms with van der Waals surface area (Å²) in [6.07, 6.45) is -2.41. The normalized spacial score (nSPS) is 16.1. The molecule has 0 saturated carbocycles. The molecule has 35 heteroatoms. The average Bonchev–Trinajstić information content (AvgIpc) is 1.58. The van der Waals surface area contributed by atoms with Gasteiger partial charge in [-0.2, -0.15) is 0 Å². The third kappa shape index (κ3) is 31.0. The largest absolute Gasteiger partial charge is 0.586 e. The van der Waals surface area contributed by atoms with E-state index in [0.717, 1.165) is 53.1 Å². The van der Waals surface area contributed by atoms with E-state index in [1.807, 2.05) is 225 Å². The lowest BCUT2D eigenvalue weighted by atomic mass is 9.49. The average molecular weight is 2190 g/mol. The summed E-state index contributed by atoms with van der Waals surface area (Å²) in [7, 11) is -1.41. The van der Waals surface area contributed by atoms with Crippen molar-refractivity contribution in [1.29, 1.82) is 0 Å². The second-order valence-electron chi connectivity index (χ2n) is 34.5. The lowest BCUT2D eigenvalue weighted by Gasteiger charge is -2.32. The summed E-state index contributed by atoms with van der Waals surface area (Å²) in [4.78, 5) is 63.2. The first-order valence-electron chi connectivity index (χ1n) is 41.8. The van der Waals surface area contributed by atoms with Gasteiger partial charge in [-0.1, -0.05) is 220 Å². The zero-order chi connectivity index (χ0) is 96.4. The molecule has 5 aromatic heterocycles. The quantitative estimate of drug-likeness (QED) is 0.0694. The van der Waals surface area contributed by atoms with Gasteiger partial charge in [-0.05, 0) is 240 Å². The molecule has 6 aliphatic rings. The number of rotatable bonds is 11. The van der Waals surface area contributed by atoms with Crippen molar-refractivity contribution >= 4 is 90.3 Å². The standard InChI is InChI=1S/C20H15F2NO3.C19H24BNO3.C13H12BrNO.C13H9F2NO3.C12H24B2O4.C7H3BrF2O2.C7H7Br.C6H6BrNO.7CH4/c1-13-10-18(24)23(11-14-6-3-2-4-7-14)12-16(13)15-8-5-9-17-19(15)26-20(21,22)25-17;1-14-11-17(22)21(12-15-9-7-6-8-10-15)13-16(14)20-23-18(2,3)19(4,5)24-20;1-10-7-13(16)15(9-12(10)14)8-11-5-3-2-4-6-11;1-7-5-11(17)16-6-9(7)8-3-2-4-10-12(8)19-13(14,15)18-10;1-9(2)10(3,4)16-13(15-9)14-17-11(5,6)12(7,8)18-14;8-4-2-1-3-5-6(4)12-7(9,10)11-5;8-6-7-4-2-1-3-5-7;1-4-2-6(9)8-3-5(4)7;;;;;;;/h2-10,12H,11H2,1H3;6-11,13H,12H2,1-5H3;2-7,9H,8H2,1H3;2-6H,1H3,(H,16,17);1-8H3;1-3H;1-5H,6H2;2-3H,1H3,(H,8,9);7*1H4. The molecule has 0 radical (unpaired) electrons. The predicted octanol–water partition coefficient (Wildman–Crippen LogP) is 25.8. The van der Waals surface area contributed by atoms with Crippen molar-refractivity contribution in [2.75, 3.05) is 0 Å². The number of aryl methyl sites for hydroxylation is 5. The van der Waals surface area contributed by atoms with Gasteiger partial charge in [0.1, 0.15) is 0 Å². The second-order valence-corrected chi connectivity index (χ2v) is 37.6. The highest BCUT2D eigenvalue weighted by atomic mass is 79.9. The number of hydrogen-bond donors (Lipinski definition) is 2. The molecule has 7 aromatic carbocycles. The first-order chi connectivity index (χ1) is 61.8. The molecule has 6 aliphatic heterocycles. The Morgan fingerprint density at radius 3 is 0.986 bits per heavy atom. The highest BCUT2D eigenvalue weighted by Crippen LogP contribution is 2.51. The molecule has 0 aliphatic carbocycles. The van der Waals surface area contributed by atoms with E-state index < -0.39 is 51.2 Å². The van der Waals surface area contributed by atoms with E-state index in [0.29, 0.717) is 57.5 Å². The molecule has 0 amide bonds. The van der Waals surface area contributed by atoms with Crippen molar-refractivity contribution in [1.82, 2.24) is 23.7 Å². The number of nitrogens with one attached hydrogen (secondary N) is 2. The highest BCUT2D eigenvalue weighted by molar-refractivity contribution is 9.11. The summed E-state index contributed by atoms with van der Waals surface area (Å²) in [5.74, 6) is 0.00541. The number of halogens is 10. The number of ether oxygens (including phenoxy) is 6. The molecule has 2 N–H and O–H groups in total. The van der Waals surface area contributed by atoms with E-state index in [2.05, 4.69) is 114 Å². The van der Waals surface area contributed by atoms with Gasteiger partial charge in [-0.25, -0.2) is 0 Å². The van der Waals surface area contributed by atoms with Crippen LogP contribution in [0.15, 0.2) is 275 Å². The van der Waals surface area contributed by atoms with Gasteiger partial charge < -0.3 is 80.0 Å². The van der Waals surface area contributed by atoms with Crippen LogP contribution >= 0.6 is 63.7 Å². The van der Waals surface area contributed by atoms with Crippen LogP contribution in [0.25, 0.3) is 22.3 Å². The predicted molar refractivity (Wildman–Crippen MR) is 560 cm³/mol. The van der Waals surface area contributed by atoms with Crippen LogP contribution in [0.2, 0.25) is 0 Å². The van der Waals surface area contributed by atoms with Crippen molar-refractivity contribution in [3.05, 3.63) is 352 Å². The van der Waals surface area contributed by atoms with Crippen LogP contribution in [0, 0.1) is 34.6 Å². The molecule has 22 nitrogen and oxygen atoms in total. The fraction of sp³-hybridized carbons (Fsp3) is 0.356. The summed E-state index contributed by atoms with van der Waals surface area (Å²) in [6.45, 7) is 35.1. The second kappa shape index (κ2) is 49.8. The van der Waals surface area contributed by atoms with Gasteiger partial charge in [0.05, 0.1) is 57.7 Å². The highest BCUT2D eigenvalue weighted by Gasteiger charge is 2.64. The molecule has 0 bridgehead atoms. The number of nitrogens with zero attached hydrogens (tertiary/aromatic N) is 3. The number of hydrogen-bond acceptors (Lipinski definition) is 17. The van der Waals surface area contributed by atoms with Crippen molar-refractivity contribution in [3.63, 3.8) is 0 Å². The van der Waals surface area contributed by atoms with Gasteiger partial charge in [0, 0.05) is 103 Å². The summed E-state index contributed by atoms with van der Waals surface area (Å²) in [6, 6.07) is 61.4. The van der Waals surface area contributed by atoms with Crippen LogP contribution in [0.4, 0.5) is 26.3 Å². The summed E-state index contributed by atoms with van der Waals surface area (Å²) in [5, 5.41) is 0.952. The van der Waals surface area contributed by atoms with Crippen molar-refractivity contribution in [2.45, 2.75) is 247 Å². The lowest BCUT2D eigenvalue weighted by Crippen LogP contribution is -2.41. The maximum Gasteiger partial charge on any atom is 0.586 e. The molecule has 139 heavy (non-hydrogen) atoms. The van der Waals surface area contributed by atoms with Gasteiger partial charge in [-0.3, -0.25) is 24.0 Å². The molecule has 0 atom stereocenters. The van der Waals surface area contributed by atoms with E-state index in [9.17, 15) is 50.3 Å². The van der Waals surface area contributed by atoms with Crippen LogP contribution < -0.4 is 61.7 Å². The first-order valence-corrected chi connectivity index (χ1v) is 45.3. The number of aromatic amines is 2.